The molecule has 0 spiro atoms. The Morgan fingerprint density at radius 1 is 0.935 bits per heavy atom. The summed E-state index contributed by atoms with van der Waals surface area (Å²) in [5.74, 6) is 0.294. The van der Waals surface area contributed by atoms with Crippen molar-refractivity contribution in [2.45, 2.75) is 27.7 Å². The maximum Gasteiger partial charge on any atom is 0.257 e. The van der Waals surface area contributed by atoms with E-state index < -0.39 is 0 Å². The number of carbonyl (C=O) groups excluding carboxylic acids is 1. The van der Waals surface area contributed by atoms with Crippen LogP contribution in [0.15, 0.2) is 59.0 Å². The van der Waals surface area contributed by atoms with Gasteiger partial charge in [0, 0.05) is 16.8 Å². The van der Waals surface area contributed by atoms with E-state index in [-0.39, 0.29) is 11.0 Å². The molecule has 156 valence electrons. The lowest BCUT2D eigenvalue weighted by Gasteiger charge is -2.11. The Kier molecular flexibility index (Phi) is 5.57. The van der Waals surface area contributed by atoms with Gasteiger partial charge in [0.2, 0.25) is 5.89 Å². The Balaban J connectivity index is 1.51. The van der Waals surface area contributed by atoms with Gasteiger partial charge in [-0.3, -0.25) is 10.1 Å². The van der Waals surface area contributed by atoms with Crippen molar-refractivity contribution in [2.24, 2.45) is 0 Å². The molecule has 0 atom stereocenters. The first-order valence-electron chi connectivity index (χ1n) is 9.97. The number of nitrogens with one attached hydrogen (secondary N) is 2. The van der Waals surface area contributed by atoms with Crippen molar-refractivity contribution >= 4 is 40.0 Å². The molecule has 0 aliphatic rings. The first-order chi connectivity index (χ1) is 14.8. The number of carbonyl (C=O) groups is 1. The lowest BCUT2D eigenvalue weighted by atomic mass is 10.1. The summed E-state index contributed by atoms with van der Waals surface area (Å²) in [6.07, 6.45) is 0. The summed E-state index contributed by atoms with van der Waals surface area (Å²) in [5.41, 5.74) is 8.01. The highest BCUT2D eigenvalue weighted by molar-refractivity contribution is 7.80. The number of hydrogen-bond donors (Lipinski definition) is 2. The zero-order valence-electron chi connectivity index (χ0n) is 17.9. The van der Waals surface area contributed by atoms with Gasteiger partial charge in [-0.15, -0.1) is 0 Å². The number of rotatable bonds is 3. The number of hydrogen-bond acceptors (Lipinski definition) is 4. The van der Waals surface area contributed by atoms with Gasteiger partial charge in [-0.25, -0.2) is 4.98 Å². The number of oxazole rings is 1. The van der Waals surface area contributed by atoms with Crippen molar-refractivity contribution in [1.82, 2.24) is 10.3 Å². The van der Waals surface area contributed by atoms with Gasteiger partial charge in [0.25, 0.3) is 5.91 Å². The highest BCUT2D eigenvalue weighted by Gasteiger charge is 2.13. The third-order valence-corrected chi connectivity index (χ3v) is 5.10. The van der Waals surface area contributed by atoms with Gasteiger partial charge >= 0.3 is 0 Å². The van der Waals surface area contributed by atoms with E-state index in [1.807, 2.05) is 76.2 Å². The van der Waals surface area contributed by atoms with Crippen LogP contribution in [0.2, 0.25) is 0 Å². The number of benzene rings is 3. The van der Waals surface area contributed by atoms with E-state index in [1.165, 1.54) is 0 Å². The van der Waals surface area contributed by atoms with E-state index in [4.69, 9.17) is 16.6 Å². The van der Waals surface area contributed by atoms with Gasteiger partial charge in [0.1, 0.15) is 5.52 Å². The molecule has 3 aromatic carbocycles. The molecule has 5 nitrogen and oxygen atoms in total. The summed E-state index contributed by atoms with van der Waals surface area (Å²) in [5, 5.41) is 6.03. The van der Waals surface area contributed by atoms with Crippen LogP contribution < -0.4 is 10.6 Å². The van der Waals surface area contributed by atoms with Crippen molar-refractivity contribution in [3.8, 4) is 11.5 Å². The average molecular weight is 430 g/mol. The Morgan fingerprint density at radius 2 is 1.65 bits per heavy atom. The predicted octanol–water partition coefficient (Wildman–Crippen LogP) is 5.86. The minimum absolute atomic E-state index is 0.227. The molecular weight excluding hydrogens is 406 g/mol. The summed E-state index contributed by atoms with van der Waals surface area (Å²) in [7, 11) is 0. The minimum Gasteiger partial charge on any atom is -0.436 e. The third kappa shape index (κ3) is 4.64. The summed E-state index contributed by atoms with van der Waals surface area (Å²) in [4.78, 5) is 17.2. The summed E-state index contributed by atoms with van der Waals surface area (Å²) in [6, 6.07) is 17.4. The van der Waals surface area contributed by atoms with Crippen LogP contribution in [0.5, 0.6) is 0 Å². The SMILES string of the molecule is Cc1cc(C)cc(C(=O)NC(=S)Nc2cccc(-c3nc4cc(C)cc(C)c4o3)c2)c1. The lowest BCUT2D eigenvalue weighted by Crippen LogP contribution is -2.34. The molecule has 6 heteroatoms. The monoisotopic (exact) mass is 429 g/mol. The molecule has 0 aliphatic heterocycles. The van der Waals surface area contributed by atoms with E-state index in [0.29, 0.717) is 11.5 Å². The van der Waals surface area contributed by atoms with Gasteiger partial charge in [-0.2, -0.15) is 0 Å². The Hall–Kier alpha value is -3.51. The minimum atomic E-state index is -0.245. The van der Waals surface area contributed by atoms with Crippen LogP contribution in [0.4, 0.5) is 5.69 Å². The topological polar surface area (TPSA) is 67.2 Å². The van der Waals surface area contributed by atoms with Crippen LogP contribution in [-0.4, -0.2) is 16.0 Å². The quantitative estimate of drug-likeness (QED) is 0.400. The number of aryl methyl sites for hydroxylation is 4. The molecule has 1 aromatic heterocycles. The first-order valence-corrected chi connectivity index (χ1v) is 10.4. The number of aromatic nitrogens is 1. The molecule has 0 radical (unpaired) electrons. The van der Waals surface area contributed by atoms with E-state index in [9.17, 15) is 4.79 Å². The summed E-state index contributed by atoms with van der Waals surface area (Å²) in [6.45, 7) is 7.97. The molecule has 0 fully saturated rings. The van der Waals surface area contributed by atoms with Crippen molar-refractivity contribution in [2.75, 3.05) is 5.32 Å². The molecular formula is C25H23N3O2S. The molecule has 1 heterocycles. The van der Waals surface area contributed by atoms with Crippen LogP contribution in [0, 0.1) is 27.7 Å². The Morgan fingerprint density at radius 3 is 2.39 bits per heavy atom. The number of anilines is 1. The zero-order valence-corrected chi connectivity index (χ0v) is 18.7. The van der Waals surface area contributed by atoms with E-state index in [1.54, 1.807) is 0 Å². The van der Waals surface area contributed by atoms with Crippen molar-refractivity contribution < 1.29 is 9.21 Å². The summed E-state index contributed by atoms with van der Waals surface area (Å²) >= 11 is 5.34. The lowest BCUT2D eigenvalue weighted by molar-refractivity contribution is 0.0977. The number of fused-ring (bicyclic) bond motifs is 1. The average Bonchev–Trinajstić information content (AvgIpc) is 3.12. The van der Waals surface area contributed by atoms with Gasteiger partial charge in [-0.05, 0) is 87.4 Å². The van der Waals surface area contributed by atoms with Crippen molar-refractivity contribution in [3.63, 3.8) is 0 Å². The van der Waals surface area contributed by atoms with Crippen LogP contribution in [0.25, 0.3) is 22.6 Å². The van der Waals surface area contributed by atoms with Crippen LogP contribution >= 0.6 is 12.2 Å². The molecule has 4 rings (SSSR count). The number of amides is 1. The first kappa shape index (κ1) is 20.8. The number of thiocarbonyl (C=S) groups is 1. The second kappa shape index (κ2) is 8.32. The third-order valence-electron chi connectivity index (χ3n) is 4.90. The number of nitrogens with zero attached hydrogens (tertiary/aromatic N) is 1. The fourth-order valence-corrected chi connectivity index (χ4v) is 3.88. The molecule has 0 saturated heterocycles. The molecule has 4 aromatic rings. The van der Waals surface area contributed by atoms with Crippen molar-refractivity contribution in [3.05, 3.63) is 82.4 Å². The zero-order chi connectivity index (χ0) is 22.1. The normalized spacial score (nSPS) is 10.8. The van der Waals surface area contributed by atoms with E-state index >= 15 is 0 Å². The largest absolute Gasteiger partial charge is 0.436 e. The molecule has 0 bridgehead atoms. The van der Waals surface area contributed by atoms with Crippen molar-refractivity contribution in [1.29, 1.82) is 0 Å². The van der Waals surface area contributed by atoms with Gasteiger partial charge in [0.15, 0.2) is 10.7 Å². The molecule has 31 heavy (non-hydrogen) atoms. The molecule has 0 unspecified atom stereocenters. The maximum atomic E-state index is 12.5. The standard InChI is InChI=1S/C25H23N3O2S/c1-14-8-15(2)11-19(10-14)23(29)28-25(31)26-20-7-5-6-18(13-20)24-27-21-12-16(3)9-17(4)22(21)30-24/h5-13H,1-4H3,(H2,26,28,29,31). The predicted molar refractivity (Wildman–Crippen MR) is 129 cm³/mol. The molecule has 2 N–H and O–H groups in total. The fraction of sp³-hybridized carbons (Fsp3) is 0.160. The van der Waals surface area contributed by atoms with Gasteiger partial charge < -0.3 is 9.73 Å². The van der Waals surface area contributed by atoms with Gasteiger partial charge in [0.05, 0.1) is 0 Å². The molecule has 0 aliphatic carbocycles. The molecule has 1 amide bonds. The molecule has 0 saturated carbocycles. The van der Waals surface area contributed by atoms with E-state index in [0.717, 1.165) is 44.6 Å². The highest BCUT2D eigenvalue weighted by atomic mass is 32.1. The van der Waals surface area contributed by atoms with Crippen LogP contribution in [0.3, 0.4) is 0 Å². The second-order valence-electron chi connectivity index (χ2n) is 7.81. The van der Waals surface area contributed by atoms with Gasteiger partial charge in [-0.1, -0.05) is 29.3 Å². The van der Waals surface area contributed by atoms with Crippen LogP contribution in [-0.2, 0) is 0 Å². The maximum absolute atomic E-state index is 12.5. The van der Waals surface area contributed by atoms with E-state index in [2.05, 4.69) is 21.7 Å². The Bertz CT molecular complexity index is 1300. The Labute approximate surface area is 186 Å². The second-order valence-corrected chi connectivity index (χ2v) is 8.22. The highest BCUT2D eigenvalue weighted by Crippen LogP contribution is 2.28. The fourth-order valence-electron chi connectivity index (χ4n) is 3.67. The van der Waals surface area contributed by atoms with Crippen LogP contribution in [0.1, 0.15) is 32.6 Å². The summed E-state index contributed by atoms with van der Waals surface area (Å²) < 4.78 is 6.00. The smallest absolute Gasteiger partial charge is 0.257 e.